The van der Waals surface area contributed by atoms with Crippen molar-refractivity contribution in [1.29, 1.82) is 0 Å². The fraction of sp³-hybridized carbons (Fsp3) is 0.333. The third-order valence-electron chi connectivity index (χ3n) is 3.75. The lowest BCUT2D eigenvalue weighted by molar-refractivity contribution is 0.0940. The number of carbonyl (C=O) groups is 1. The number of rotatable bonds is 4. The molecule has 0 saturated heterocycles. The summed E-state index contributed by atoms with van der Waals surface area (Å²) in [7, 11) is 0. The molecule has 1 aromatic heterocycles. The molecule has 1 heterocycles. The molecule has 0 aliphatic heterocycles. The number of nitrogens with zero attached hydrogens (tertiary/aromatic N) is 1. The number of fused-ring (bicyclic) bond motifs is 1. The summed E-state index contributed by atoms with van der Waals surface area (Å²) in [5.41, 5.74) is 0.893. The summed E-state index contributed by atoms with van der Waals surface area (Å²) in [4.78, 5) is 24.5. The molecule has 4 nitrogen and oxygen atoms in total. The second kappa shape index (κ2) is 9.76. The van der Waals surface area contributed by atoms with Crippen LogP contribution in [0.15, 0.2) is 58.2 Å². The van der Waals surface area contributed by atoms with Crippen molar-refractivity contribution in [2.45, 2.75) is 44.7 Å². The van der Waals surface area contributed by atoms with Gasteiger partial charge in [-0.1, -0.05) is 35.8 Å². The van der Waals surface area contributed by atoms with E-state index >= 15 is 0 Å². The van der Waals surface area contributed by atoms with Crippen molar-refractivity contribution in [3.63, 3.8) is 0 Å². The summed E-state index contributed by atoms with van der Waals surface area (Å²) >= 11 is 3.13. The maximum absolute atomic E-state index is 11.7. The first-order valence-electron chi connectivity index (χ1n) is 8.89. The Labute approximate surface area is 168 Å². The van der Waals surface area contributed by atoms with Gasteiger partial charge < -0.3 is 5.32 Å². The van der Waals surface area contributed by atoms with E-state index in [-0.39, 0.29) is 23.6 Å². The Kier molecular flexibility index (Phi) is 7.68. The molecular formula is C21H26N2O2S2. The molecule has 3 aromatic rings. The summed E-state index contributed by atoms with van der Waals surface area (Å²) in [6.07, 6.45) is 1.97. The highest BCUT2D eigenvalue weighted by Gasteiger charge is 2.10. The molecule has 0 bridgehead atoms. The summed E-state index contributed by atoms with van der Waals surface area (Å²) in [5.74, 6) is 0.00458. The first kappa shape index (κ1) is 21.3. The molecule has 6 heteroatoms. The van der Waals surface area contributed by atoms with Gasteiger partial charge in [-0.15, -0.1) is 11.8 Å². The van der Waals surface area contributed by atoms with Crippen molar-refractivity contribution in [3.05, 3.63) is 64.4 Å². The van der Waals surface area contributed by atoms with Crippen LogP contribution in [0.5, 0.6) is 0 Å². The van der Waals surface area contributed by atoms with Gasteiger partial charge in [0.05, 0.1) is 15.6 Å². The maximum Gasteiger partial charge on any atom is 0.268 e. The molecule has 0 fully saturated rings. The second-order valence-electron chi connectivity index (χ2n) is 6.64. The molecule has 0 saturated carbocycles. The van der Waals surface area contributed by atoms with Crippen LogP contribution >= 0.6 is 23.3 Å². The zero-order valence-corrected chi connectivity index (χ0v) is 18.0. The lowest BCUT2D eigenvalue weighted by Gasteiger charge is -2.10. The van der Waals surface area contributed by atoms with Crippen LogP contribution in [0.1, 0.15) is 44.1 Å². The monoisotopic (exact) mass is 402 g/mol. The van der Waals surface area contributed by atoms with Gasteiger partial charge in [0, 0.05) is 17.0 Å². The van der Waals surface area contributed by atoms with Gasteiger partial charge in [-0.2, -0.15) is 0 Å². The third-order valence-corrected chi connectivity index (χ3v) is 5.89. The highest BCUT2D eigenvalue weighted by atomic mass is 32.2. The predicted octanol–water partition coefficient (Wildman–Crippen LogP) is 5.19. The quantitative estimate of drug-likeness (QED) is 0.611. The van der Waals surface area contributed by atoms with E-state index < -0.39 is 0 Å². The lowest BCUT2D eigenvalue weighted by Crippen LogP contribution is -2.30. The Morgan fingerprint density at radius 2 is 1.67 bits per heavy atom. The van der Waals surface area contributed by atoms with Crippen molar-refractivity contribution in [2.75, 3.05) is 6.26 Å². The standard InChI is InChI=1S/C11H15NOS.C10H11NOS/c1-8(2)12-11(13)9-6-4-5-7-10(9)14-3;1-7(2)11-10(12)8-5-3-4-6-9(8)13-11/h4-8H,1-3H3,(H,12,13);3-7H,1-2H3. The van der Waals surface area contributed by atoms with Gasteiger partial charge in [-0.05, 0) is 58.2 Å². The molecule has 3 rings (SSSR count). The van der Waals surface area contributed by atoms with Crippen molar-refractivity contribution in [3.8, 4) is 0 Å². The fourth-order valence-electron chi connectivity index (χ4n) is 2.50. The Hall–Kier alpha value is -2.05. The maximum atomic E-state index is 11.7. The van der Waals surface area contributed by atoms with Gasteiger partial charge >= 0.3 is 0 Å². The highest BCUT2D eigenvalue weighted by molar-refractivity contribution is 7.98. The van der Waals surface area contributed by atoms with E-state index in [2.05, 4.69) is 5.32 Å². The topological polar surface area (TPSA) is 51.1 Å². The number of carbonyl (C=O) groups excluding carboxylic acids is 1. The van der Waals surface area contributed by atoms with Crippen molar-refractivity contribution in [2.24, 2.45) is 0 Å². The molecule has 1 N–H and O–H groups in total. The molecule has 0 aliphatic carbocycles. The highest BCUT2D eigenvalue weighted by Crippen LogP contribution is 2.20. The number of hydrogen-bond acceptors (Lipinski definition) is 4. The van der Waals surface area contributed by atoms with Gasteiger partial charge in [0.15, 0.2) is 0 Å². The van der Waals surface area contributed by atoms with E-state index in [4.69, 9.17) is 0 Å². The predicted molar refractivity (Wildman–Crippen MR) is 117 cm³/mol. The minimum Gasteiger partial charge on any atom is -0.350 e. The lowest BCUT2D eigenvalue weighted by atomic mass is 10.2. The molecule has 2 aromatic carbocycles. The van der Waals surface area contributed by atoms with E-state index in [9.17, 15) is 9.59 Å². The van der Waals surface area contributed by atoms with Gasteiger partial charge in [0.2, 0.25) is 0 Å². The number of amides is 1. The minimum absolute atomic E-state index is 0.00458. The van der Waals surface area contributed by atoms with Crippen LogP contribution in [0.3, 0.4) is 0 Å². The van der Waals surface area contributed by atoms with Crippen molar-refractivity contribution >= 4 is 39.3 Å². The fourth-order valence-corrected chi connectivity index (χ4v) is 4.09. The van der Waals surface area contributed by atoms with Crippen LogP contribution in [0.2, 0.25) is 0 Å². The van der Waals surface area contributed by atoms with E-state index in [0.29, 0.717) is 0 Å². The SMILES string of the molecule is CC(C)n1sc2ccccc2c1=O.CSc1ccccc1C(=O)NC(C)C. The molecular weight excluding hydrogens is 376 g/mol. The molecule has 0 atom stereocenters. The van der Waals surface area contributed by atoms with E-state index in [1.807, 2.05) is 86.4 Å². The van der Waals surface area contributed by atoms with Gasteiger partial charge in [-0.25, -0.2) is 0 Å². The van der Waals surface area contributed by atoms with Gasteiger partial charge in [0.25, 0.3) is 11.5 Å². The Morgan fingerprint density at radius 1 is 1.04 bits per heavy atom. The third kappa shape index (κ3) is 5.47. The van der Waals surface area contributed by atoms with Crippen molar-refractivity contribution in [1.82, 2.24) is 9.27 Å². The van der Waals surface area contributed by atoms with Crippen LogP contribution < -0.4 is 10.9 Å². The Morgan fingerprint density at radius 3 is 2.26 bits per heavy atom. The summed E-state index contributed by atoms with van der Waals surface area (Å²) < 4.78 is 2.88. The number of thioether (sulfide) groups is 1. The summed E-state index contributed by atoms with van der Waals surface area (Å²) in [6, 6.07) is 15.8. The van der Waals surface area contributed by atoms with Crippen LogP contribution in [-0.4, -0.2) is 22.2 Å². The summed E-state index contributed by atoms with van der Waals surface area (Å²) in [6.45, 7) is 7.97. The molecule has 1 amide bonds. The first-order chi connectivity index (χ1) is 12.8. The number of aromatic nitrogens is 1. The molecule has 0 radical (unpaired) electrons. The molecule has 0 unspecified atom stereocenters. The van der Waals surface area contributed by atoms with E-state index in [1.54, 1.807) is 11.8 Å². The van der Waals surface area contributed by atoms with Crippen LogP contribution in [-0.2, 0) is 0 Å². The normalized spacial score (nSPS) is 10.8. The zero-order chi connectivity index (χ0) is 20.0. The molecule has 0 spiro atoms. The molecule has 27 heavy (non-hydrogen) atoms. The number of benzene rings is 2. The number of hydrogen-bond donors (Lipinski definition) is 1. The first-order valence-corrected chi connectivity index (χ1v) is 10.9. The van der Waals surface area contributed by atoms with Gasteiger partial charge in [-0.3, -0.25) is 13.5 Å². The average Bonchev–Trinajstić information content (AvgIpc) is 2.99. The van der Waals surface area contributed by atoms with E-state index in [1.165, 1.54) is 11.5 Å². The Bertz CT molecular complexity index is 958. The smallest absolute Gasteiger partial charge is 0.268 e. The largest absolute Gasteiger partial charge is 0.350 e. The van der Waals surface area contributed by atoms with Crippen molar-refractivity contribution < 1.29 is 4.79 Å². The minimum atomic E-state index is 0.00458. The average molecular weight is 403 g/mol. The van der Waals surface area contributed by atoms with E-state index in [0.717, 1.165) is 20.5 Å². The Balaban J connectivity index is 0.000000194. The number of nitrogens with one attached hydrogen (secondary N) is 1. The van der Waals surface area contributed by atoms with Gasteiger partial charge in [0.1, 0.15) is 0 Å². The summed E-state index contributed by atoms with van der Waals surface area (Å²) in [5, 5.41) is 3.72. The second-order valence-corrected chi connectivity index (χ2v) is 8.50. The zero-order valence-electron chi connectivity index (χ0n) is 16.4. The van der Waals surface area contributed by atoms with Crippen LogP contribution in [0.25, 0.3) is 10.1 Å². The molecule has 0 aliphatic rings. The van der Waals surface area contributed by atoms with Crippen LogP contribution in [0.4, 0.5) is 0 Å². The molecule has 144 valence electrons. The van der Waals surface area contributed by atoms with Crippen LogP contribution in [0, 0.1) is 0 Å².